The van der Waals surface area contributed by atoms with Gasteiger partial charge in [0.15, 0.2) is 0 Å². The largest absolute Gasteiger partial charge is 0.378 e. The van der Waals surface area contributed by atoms with Crippen LogP contribution in [0, 0.1) is 5.92 Å². The van der Waals surface area contributed by atoms with Crippen molar-refractivity contribution in [2.45, 2.75) is 142 Å². The van der Waals surface area contributed by atoms with Crippen LogP contribution in [0.5, 0.6) is 0 Å². The normalized spacial score (nSPS) is 12.1. The highest BCUT2D eigenvalue weighted by molar-refractivity contribution is 5.14. The average molecular weight is 470 g/mol. The van der Waals surface area contributed by atoms with Crippen molar-refractivity contribution >= 4 is 0 Å². The molecule has 1 aromatic carbocycles. The first kappa shape index (κ1) is 30.8. The van der Waals surface area contributed by atoms with Gasteiger partial charge in [0.1, 0.15) is 0 Å². The number of rotatable bonds is 25. The lowest BCUT2D eigenvalue weighted by Gasteiger charge is -2.20. The maximum Gasteiger partial charge on any atom is 0.0172 e. The second kappa shape index (κ2) is 23.5. The third kappa shape index (κ3) is 19.1. The first-order valence-corrected chi connectivity index (χ1v) is 15.2. The number of unbranched alkanes of at least 4 members (excludes halogenated alkanes) is 14. The molecule has 1 aromatic rings. The van der Waals surface area contributed by atoms with Gasteiger partial charge in [0.25, 0.3) is 0 Å². The highest BCUT2D eigenvalue weighted by Gasteiger charge is 2.04. The number of benzene rings is 1. The predicted molar refractivity (Wildman–Crippen MR) is 154 cm³/mol. The van der Waals surface area contributed by atoms with E-state index < -0.39 is 0 Å². The van der Waals surface area contributed by atoms with E-state index in [-0.39, 0.29) is 0 Å². The molecule has 0 saturated heterocycles. The Kier molecular flexibility index (Phi) is 21.3. The molecular formula is C33H59N. The summed E-state index contributed by atoms with van der Waals surface area (Å²) in [4.78, 5) is 2.45. The molecule has 1 nitrogen and oxygen atoms in total. The Labute approximate surface area is 214 Å². The van der Waals surface area contributed by atoms with Crippen molar-refractivity contribution < 1.29 is 0 Å². The number of nitrogens with zero attached hydrogens (tertiary/aromatic N) is 1. The van der Waals surface area contributed by atoms with E-state index >= 15 is 0 Å². The van der Waals surface area contributed by atoms with Crippen LogP contribution in [0.2, 0.25) is 0 Å². The monoisotopic (exact) mass is 469 g/mol. The van der Waals surface area contributed by atoms with Crippen molar-refractivity contribution in [2.24, 2.45) is 5.92 Å². The molecule has 1 rings (SSSR count). The quantitative estimate of drug-likeness (QED) is 0.129. The van der Waals surface area contributed by atoms with Gasteiger partial charge in [-0.2, -0.15) is 0 Å². The summed E-state index contributed by atoms with van der Waals surface area (Å²) in [7, 11) is 0. The van der Waals surface area contributed by atoms with Gasteiger partial charge in [-0.1, -0.05) is 153 Å². The lowest BCUT2D eigenvalue weighted by Crippen LogP contribution is -2.19. The summed E-state index contributed by atoms with van der Waals surface area (Å²) in [6, 6.07) is 10.9. The van der Waals surface area contributed by atoms with Crippen molar-refractivity contribution in [3.05, 3.63) is 48.7 Å². The van der Waals surface area contributed by atoms with E-state index in [0.29, 0.717) is 0 Å². The highest BCUT2D eigenvalue weighted by Crippen LogP contribution is 2.18. The lowest BCUT2D eigenvalue weighted by atomic mass is 9.96. The maximum atomic E-state index is 4.03. The van der Waals surface area contributed by atoms with Crippen LogP contribution in [0.1, 0.15) is 141 Å². The van der Waals surface area contributed by atoms with Gasteiger partial charge in [0.05, 0.1) is 0 Å². The highest BCUT2D eigenvalue weighted by atomic mass is 15.1. The summed E-state index contributed by atoms with van der Waals surface area (Å²) < 4.78 is 0. The fourth-order valence-corrected chi connectivity index (χ4v) is 5.05. The second-order valence-electron chi connectivity index (χ2n) is 10.8. The Morgan fingerprint density at radius 1 is 0.647 bits per heavy atom. The molecule has 0 radical (unpaired) electrons. The van der Waals surface area contributed by atoms with E-state index in [9.17, 15) is 0 Å². The van der Waals surface area contributed by atoms with Gasteiger partial charge in [-0.3, -0.25) is 0 Å². The molecule has 0 spiro atoms. The van der Waals surface area contributed by atoms with Gasteiger partial charge in [0, 0.05) is 13.1 Å². The molecular weight excluding hydrogens is 410 g/mol. The minimum absolute atomic E-state index is 0.903. The number of hydrogen-bond acceptors (Lipinski definition) is 1. The first-order valence-electron chi connectivity index (χ1n) is 15.2. The number of hydrogen-bond donors (Lipinski definition) is 0. The van der Waals surface area contributed by atoms with E-state index in [2.05, 4.69) is 61.9 Å². The summed E-state index contributed by atoms with van der Waals surface area (Å²) in [5.74, 6) is 0.903. The van der Waals surface area contributed by atoms with Gasteiger partial charge in [0.2, 0.25) is 0 Å². The van der Waals surface area contributed by atoms with Crippen molar-refractivity contribution in [3.63, 3.8) is 0 Å². The van der Waals surface area contributed by atoms with Gasteiger partial charge in [-0.25, -0.2) is 0 Å². The molecule has 0 aliphatic rings. The molecule has 0 aromatic heterocycles. The van der Waals surface area contributed by atoms with Gasteiger partial charge in [-0.05, 0) is 43.4 Å². The SMILES string of the molecule is C=CN(CCCCCCCC)CCCCC(C)CCCCCCCCCCCc1ccccc1. The lowest BCUT2D eigenvalue weighted by molar-refractivity contribution is 0.342. The van der Waals surface area contributed by atoms with E-state index in [0.717, 1.165) is 5.92 Å². The Balaban J connectivity index is 1.83. The van der Waals surface area contributed by atoms with Crippen molar-refractivity contribution in [1.29, 1.82) is 0 Å². The summed E-state index contributed by atoms with van der Waals surface area (Å²) >= 11 is 0. The fraction of sp³-hybridized carbons (Fsp3) is 0.758. The predicted octanol–water partition coefficient (Wildman–Crippen LogP) is 10.7. The smallest absolute Gasteiger partial charge is 0.0172 e. The molecule has 1 unspecified atom stereocenters. The van der Waals surface area contributed by atoms with Crippen LogP contribution in [0.3, 0.4) is 0 Å². The standard InChI is InChI=1S/C33H59N/c1-4-6-7-8-16-23-30-34(5-2)31-24-22-26-32(3)25-18-14-12-10-9-11-13-15-19-27-33-28-20-17-21-29-33/h5,17,20-21,28-29,32H,2,4,6-16,18-19,22-27,30-31H2,1,3H3. The summed E-state index contributed by atoms with van der Waals surface area (Å²) in [5.41, 5.74) is 1.50. The minimum atomic E-state index is 0.903. The van der Waals surface area contributed by atoms with E-state index in [1.165, 1.54) is 147 Å². The zero-order chi connectivity index (χ0) is 24.5. The van der Waals surface area contributed by atoms with Gasteiger partial charge >= 0.3 is 0 Å². The van der Waals surface area contributed by atoms with Crippen LogP contribution in [0.15, 0.2) is 43.1 Å². The molecule has 0 saturated carbocycles. The number of aryl methyl sites for hydroxylation is 1. The third-order valence-corrected chi connectivity index (χ3v) is 7.45. The first-order chi connectivity index (χ1) is 16.8. The Morgan fingerprint density at radius 2 is 1.12 bits per heavy atom. The summed E-state index contributed by atoms with van der Waals surface area (Å²) in [5, 5.41) is 0. The molecule has 0 aliphatic heterocycles. The van der Waals surface area contributed by atoms with Crippen LogP contribution in [0.4, 0.5) is 0 Å². The van der Waals surface area contributed by atoms with Crippen molar-refractivity contribution in [3.8, 4) is 0 Å². The van der Waals surface area contributed by atoms with Crippen LogP contribution in [0.25, 0.3) is 0 Å². The third-order valence-electron chi connectivity index (χ3n) is 7.45. The Bertz CT molecular complexity index is 537. The molecule has 0 amide bonds. The van der Waals surface area contributed by atoms with E-state index in [4.69, 9.17) is 0 Å². The molecule has 0 N–H and O–H groups in total. The zero-order valence-corrected chi connectivity index (χ0v) is 23.3. The molecule has 196 valence electrons. The molecule has 1 heteroatoms. The van der Waals surface area contributed by atoms with Crippen molar-refractivity contribution in [1.82, 2.24) is 4.90 Å². The van der Waals surface area contributed by atoms with Crippen LogP contribution >= 0.6 is 0 Å². The van der Waals surface area contributed by atoms with E-state index in [1.54, 1.807) is 0 Å². The summed E-state index contributed by atoms with van der Waals surface area (Å²) in [6.45, 7) is 11.2. The van der Waals surface area contributed by atoms with Crippen LogP contribution in [-0.2, 0) is 6.42 Å². The van der Waals surface area contributed by atoms with E-state index in [1.807, 2.05) is 0 Å². The fourth-order valence-electron chi connectivity index (χ4n) is 5.05. The Hall–Kier alpha value is -1.24. The molecule has 0 aliphatic carbocycles. The molecule has 0 fully saturated rings. The van der Waals surface area contributed by atoms with Gasteiger partial charge < -0.3 is 4.90 Å². The summed E-state index contributed by atoms with van der Waals surface area (Å²) in [6.07, 6.45) is 30.0. The zero-order valence-electron chi connectivity index (χ0n) is 23.3. The average Bonchev–Trinajstić information content (AvgIpc) is 2.86. The molecule has 0 heterocycles. The van der Waals surface area contributed by atoms with Crippen LogP contribution < -0.4 is 0 Å². The minimum Gasteiger partial charge on any atom is -0.378 e. The Morgan fingerprint density at radius 3 is 1.71 bits per heavy atom. The second-order valence-corrected chi connectivity index (χ2v) is 10.8. The molecule has 1 atom stereocenters. The molecule has 34 heavy (non-hydrogen) atoms. The maximum absolute atomic E-state index is 4.03. The van der Waals surface area contributed by atoms with Crippen molar-refractivity contribution in [2.75, 3.05) is 13.1 Å². The topological polar surface area (TPSA) is 3.24 Å². The molecule has 0 bridgehead atoms. The van der Waals surface area contributed by atoms with Gasteiger partial charge in [-0.15, -0.1) is 0 Å². The van der Waals surface area contributed by atoms with Crippen LogP contribution in [-0.4, -0.2) is 18.0 Å².